The Balaban J connectivity index is 0.972. The average molecular weight is 975 g/mol. The topological polar surface area (TPSA) is 9.23 Å². The molecule has 4 aromatic carbocycles. The summed E-state index contributed by atoms with van der Waals surface area (Å²) in [7, 11) is 0. The van der Waals surface area contributed by atoms with Crippen LogP contribution >= 0.6 is 0 Å². The zero-order chi connectivity index (χ0) is 49.4. The molecule has 0 saturated heterocycles. The van der Waals surface area contributed by atoms with E-state index in [0.29, 0.717) is 23.0 Å². The molecule has 4 saturated carbocycles. The van der Waals surface area contributed by atoms with E-state index in [0.717, 1.165) is 83.4 Å². The molecular formula is C66H90F4O. The molecule has 0 amide bonds. The smallest absolute Gasteiger partial charge is 0.159 e. The van der Waals surface area contributed by atoms with Gasteiger partial charge in [0.05, 0.1) is 12.2 Å². The number of hydrogen-bond donors (Lipinski definition) is 0. The van der Waals surface area contributed by atoms with Crippen molar-refractivity contribution in [3.63, 3.8) is 0 Å². The first-order chi connectivity index (χ1) is 34.8. The molecule has 5 heteroatoms. The third kappa shape index (κ3) is 15.3. The van der Waals surface area contributed by atoms with Gasteiger partial charge >= 0.3 is 0 Å². The first kappa shape index (κ1) is 53.8. The van der Waals surface area contributed by atoms with Crippen molar-refractivity contribution in [3.8, 4) is 22.3 Å². The molecule has 2 atom stereocenters. The lowest BCUT2D eigenvalue weighted by Gasteiger charge is -2.43. The third-order valence-corrected chi connectivity index (χ3v) is 18.8. The highest BCUT2D eigenvalue weighted by Gasteiger charge is 2.39. The molecule has 71 heavy (non-hydrogen) atoms. The van der Waals surface area contributed by atoms with Crippen LogP contribution in [0.2, 0.25) is 0 Å². The lowest BCUT2D eigenvalue weighted by molar-refractivity contribution is -0.0934. The summed E-state index contributed by atoms with van der Waals surface area (Å²) in [5.41, 5.74) is 5.37. The Morgan fingerprint density at radius 2 is 0.662 bits per heavy atom. The van der Waals surface area contributed by atoms with E-state index in [1.807, 2.05) is 0 Å². The largest absolute Gasteiger partial charge is 0.365 e. The molecule has 4 aromatic rings. The van der Waals surface area contributed by atoms with Crippen LogP contribution in [0.15, 0.2) is 84.9 Å². The maximum Gasteiger partial charge on any atom is 0.159 e. The number of ether oxygens (including phenoxy) is 1. The van der Waals surface area contributed by atoms with Crippen molar-refractivity contribution >= 4 is 0 Å². The summed E-state index contributed by atoms with van der Waals surface area (Å²) in [5.74, 6) is 2.53. The van der Waals surface area contributed by atoms with Gasteiger partial charge in [-0.3, -0.25) is 0 Å². The molecule has 0 radical (unpaired) electrons. The summed E-state index contributed by atoms with van der Waals surface area (Å²) >= 11 is 0. The SMILES string of the molecule is CCCCCCCC[C@H]1CC[C@H]([C@H]2CC[C@H](C(OC(c3ccc(-c4ccc(F)c(F)c4)cc3)[C@H]3CC[C@H]([C@H]4CC[C@H](CCCCCCCC)CC4)CC3)c3ccc(-c4ccc(F)c(F)c4)cc3)CC2)CC1. The van der Waals surface area contributed by atoms with Crippen molar-refractivity contribution in [2.75, 3.05) is 0 Å². The van der Waals surface area contributed by atoms with Crippen molar-refractivity contribution in [2.24, 2.45) is 47.3 Å². The van der Waals surface area contributed by atoms with E-state index in [1.165, 1.54) is 191 Å². The number of rotatable bonds is 24. The van der Waals surface area contributed by atoms with E-state index in [2.05, 4.69) is 62.4 Å². The fourth-order valence-corrected chi connectivity index (χ4v) is 14.3. The Bertz CT molecular complexity index is 1980. The molecule has 0 aliphatic heterocycles. The normalized spacial score (nSPS) is 26.0. The molecule has 0 bridgehead atoms. The van der Waals surface area contributed by atoms with Crippen molar-refractivity contribution in [1.82, 2.24) is 0 Å². The van der Waals surface area contributed by atoms with E-state index < -0.39 is 23.3 Å². The second-order valence-electron chi connectivity index (χ2n) is 23.5. The quantitative estimate of drug-likeness (QED) is 0.0502. The third-order valence-electron chi connectivity index (χ3n) is 18.8. The van der Waals surface area contributed by atoms with E-state index in [-0.39, 0.29) is 12.2 Å². The van der Waals surface area contributed by atoms with Gasteiger partial charge in [-0.05, 0) is 182 Å². The molecule has 2 unspecified atom stereocenters. The summed E-state index contributed by atoms with van der Waals surface area (Å²) in [6.07, 6.45) is 40.1. The van der Waals surface area contributed by atoms with Crippen LogP contribution in [0.4, 0.5) is 17.6 Å². The summed E-state index contributed by atoms with van der Waals surface area (Å²) in [4.78, 5) is 0. The Morgan fingerprint density at radius 1 is 0.352 bits per heavy atom. The van der Waals surface area contributed by atoms with E-state index in [4.69, 9.17) is 4.74 Å². The number of halogens is 4. The minimum absolute atomic E-state index is 0.112. The van der Waals surface area contributed by atoms with Crippen LogP contribution in [-0.4, -0.2) is 0 Å². The second kappa shape index (κ2) is 27.7. The van der Waals surface area contributed by atoms with Crippen LogP contribution in [0.3, 0.4) is 0 Å². The summed E-state index contributed by atoms with van der Waals surface area (Å²) in [6, 6.07) is 25.3. The molecule has 0 N–H and O–H groups in total. The highest BCUT2D eigenvalue weighted by atomic mass is 19.2. The molecule has 4 aliphatic rings. The van der Waals surface area contributed by atoms with E-state index in [9.17, 15) is 17.6 Å². The summed E-state index contributed by atoms with van der Waals surface area (Å²) < 4.78 is 64.6. The fourth-order valence-electron chi connectivity index (χ4n) is 14.3. The number of hydrogen-bond acceptors (Lipinski definition) is 1. The molecule has 0 heterocycles. The fraction of sp³-hybridized carbons (Fsp3) is 0.636. The molecule has 0 spiro atoms. The Kier molecular flexibility index (Phi) is 21.0. The molecule has 0 aromatic heterocycles. The van der Waals surface area contributed by atoms with E-state index in [1.54, 1.807) is 12.1 Å². The predicted molar refractivity (Wildman–Crippen MR) is 288 cm³/mol. The Hall–Kier alpha value is -3.44. The lowest BCUT2D eigenvalue weighted by atomic mass is 9.67. The van der Waals surface area contributed by atoms with Gasteiger partial charge in [0.25, 0.3) is 0 Å². The van der Waals surface area contributed by atoms with Gasteiger partial charge in [-0.25, -0.2) is 17.6 Å². The van der Waals surface area contributed by atoms with Gasteiger partial charge in [0.15, 0.2) is 23.3 Å². The molecule has 388 valence electrons. The van der Waals surface area contributed by atoms with Crippen LogP contribution in [0.1, 0.15) is 230 Å². The van der Waals surface area contributed by atoms with Crippen molar-refractivity contribution in [3.05, 3.63) is 119 Å². The van der Waals surface area contributed by atoms with Gasteiger partial charge in [0, 0.05) is 0 Å². The van der Waals surface area contributed by atoms with Gasteiger partial charge in [-0.15, -0.1) is 0 Å². The van der Waals surface area contributed by atoms with Crippen LogP contribution < -0.4 is 0 Å². The highest BCUT2D eigenvalue weighted by Crippen LogP contribution is 2.51. The number of unbranched alkanes of at least 4 members (excludes halogenated alkanes) is 10. The lowest BCUT2D eigenvalue weighted by Crippen LogP contribution is -2.31. The highest BCUT2D eigenvalue weighted by molar-refractivity contribution is 5.64. The van der Waals surface area contributed by atoms with Gasteiger partial charge in [0.1, 0.15) is 0 Å². The second-order valence-corrected chi connectivity index (χ2v) is 23.5. The maximum absolute atomic E-state index is 14.4. The maximum atomic E-state index is 14.4. The standard InChI is InChI=1S/C66H90F4O/c1-3-5-7-9-11-13-15-47-17-21-49(22-18-47)51-25-33-55(34-26-51)65(57-37-29-53(30-38-57)59-41-43-61(67)63(69)45-59)71-66(58-39-31-54(32-40-58)60-42-44-62(68)64(70)46-60)56-35-27-52(28-36-56)50-23-19-48(20-24-50)16-14-12-10-8-6-4-2/h29-32,37-52,55-56,65-66H,3-28,33-36H2,1-2H3/t47-,48-,49-,50-,51-,52-,55-,56-,65?,66?. The first-order valence-electron chi connectivity index (χ1n) is 29.5. The molecule has 4 fully saturated rings. The molecule has 1 nitrogen and oxygen atoms in total. The zero-order valence-corrected chi connectivity index (χ0v) is 44.0. The van der Waals surface area contributed by atoms with Crippen LogP contribution in [0, 0.1) is 70.6 Å². The molecule has 8 rings (SSSR count). The van der Waals surface area contributed by atoms with Crippen LogP contribution in [0.25, 0.3) is 22.3 Å². The molecule has 4 aliphatic carbocycles. The Morgan fingerprint density at radius 3 is 1.00 bits per heavy atom. The van der Waals surface area contributed by atoms with Gasteiger partial charge < -0.3 is 4.74 Å². The summed E-state index contributed by atoms with van der Waals surface area (Å²) in [5, 5.41) is 0. The van der Waals surface area contributed by atoms with E-state index >= 15 is 0 Å². The van der Waals surface area contributed by atoms with Crippen molar-refractivity contribution < 1.29 is 22.3 Å². The van der Waals surface area contributed by atoms with Crippen LogP contribution in [-0.2, 0) is 4.74 Å². The minimum Gasteiger partial charge on any atom is -0.365 e. The first-order valence-corrected chi connectivity index (χ1v) is 29.5. The number of benzene rings is 4. The minimum atomic E-state index is -0.834. The van der Waals surface area contributed by atoms with Crippen LogP contribution in [0.5, 0.6) is 0 Å². The monoisotopic (exact) mass is 975 g/mol. The average Bonchev–Trinajstić information content (AvgIpc) is 3.41. The summed E-state index contributed by atoms with van der Waals surface area (Å²) in [6.45, 7) is 4.60. The molecular weight excluding hydrogens is 885 g/mol. The zero-order valence-electron chi connectivity index (χ0n) is 44.0. The Labute approximate surface area is 428 Å². The van der Waals surface area contributed by atoms with Crippen molar-refractivity contribution in [1.29, 1.82) is 0 Å². The van der Waals surface area contributed by atoms with Crippen molar-refractivity contribution in [2.45, 2.75) is 219 Å². The van der Waals surface area contributed by atoms with Gasteiger partial charge in [-0.2, -0.15) is 0 Å². The van der Waals surface area contributed by atoms with Gasteiger partial charge in [-0.1, -0.05) is 190 Å². The van der Waals surface area contributed by atoms with Gasteiger partial charge in [0.2, 0.25) is 0 Å². The predicted octanol–water partition coefficient (Wildman–Crippen LogP) is 21.1.